The second-order valence-corrected chi connectivity index (χ2v) is 5.24. The van der Waals surface area contributed by atoms with E-state index < -0.39 is 0 Å². The number of aryl methyl sites for hydroxylation is 1. The molecule has 2 rings (SSSR count). The number of phenolic OH excluding ortho intramolecular Hbond substituents is 1. The summed E-state index contributed by atoms with van der Waals surface area (Å²) in [5.74, 6) is 0.100. The maximum atomic E-state index is 11.2. The molecule has 0 bridgehead atoms. The highest BCUT2D eigenvalue weighted by molar-refractivity contribution is 6.31. The summed E-state index contributed by atoms with van der Waals surface area (Å²) in [6, 6.07) is 10.7. The average molecular weight is 305 g/mol. The Morgan fingerprint density at radius 3 is 2.71 bits per heavy atom. The Bertz CT molecular complexity index is 611. The van der Waals surface area contributed by atoms with Crippen molar-refractivity contribution in [3.63, 3.8) is 0 Å². The van der Waals surface area contributed by atoms with Crippen LogP contribution in [0.1, 0.15) is 17.0 Å². The van der Waals surface area contributed by atoms with E-state index in [9.17, 15) is 9.90 Å². The van der Waals surface area contributed by atoms with E-state index in [1.54, 1.807) is 23.1 Å². The summed E-state index contributed by atoms with van der Waals surface area (Å²) in [7, 11) is 0. The molecule has 1 N–H and O–H groups in total. The van der Waals surface area contributed by atoms with Gasteiger partial charge >= 0.3 is 0 Å². The zero-order chi connectivity index (χ0) is 15.2. The highest BCUT2D eigenvalue weighted by atomic mass is 35.5. The van der Waals surface area contributed by atoms with E-state index in [4.69, 9.17) is 11.6 Å². The highest BCUT2D eigenvalue weighted by Gasteiger charge is 2.11. The molecule has 1 heterocycles. The smallest absolute Gasteiger partial charge is 0.210 e. The molecule has 5 heteroatoms. The minimum atomic E-state index is 0.100. The van der Waals surface area contributed by atoms with Crippen LogP contribution in [-0.4, -0.2) is 27.9 Å². The van der Waals surface area contributed by atoms with E-state index in [0.29, 0.717) is 23.6 Å². The predicted octanol–water partition coefficient (Wildman–Crippen LogP) is 2.95. The van der Waals surface area contributed by atoms with Gasteiger partial charge in [-0.25, -0.2) is 0 Å². The molecule has 1 aromatic heterocycles. The van der Waals surface area contributed by atoms with Crippen molar-refractivity contribution >= 4 is 18.0 Å². The van der Waals surface area contributed by atoms with Gasteiger partial charge in [0.2, 0.25) is 6.41 Å². The van der Waals surface area contributed by atoms with Crippen LogP contribution < -0.4 is 0 Å². The Labute approximate surface area is 129 Å². The first-order valence-corrected chi connectivity index (χ1v) is 7.06. The molecular weight excluding hydrogens is 288 g/mol. The summed E-state index contributed by atoms with van der Waals surface area (Å²) >= 11 is 6.05. The summed E-state index contributed by atoms with van der Waals surface area (Å²) < 4.78 is 0. The van der Waals surface area contributed by atoms with Crippen molar-refractivity contribution in [1.29, 1.82) is 0 Å². The minimum absolute atomic E-state index is 0.100. The third-order valence-corrected chi connectivity index (χ3v) is 3.56. The first kappa shape index (κ1) is 15.3. The number of halogens is 1. The van der Waals surface area contributed by atoms with Gasteiger partial charge in [-0.3, -0.25) is 9.78 Å². The second-order valence-electron chi connectivity index (χ2n) is 4.83. The molecule has 0 fully saturated rings. The van der Waals surface area contributed by atoms with Crippen molar-refractivity contribution in [1.82, 2.24) is 9.88 Å². The molecule has 0 aliphatic heterocycles. The van der Waals surface area contributed by atoms with Crippen LogP contribution in [0.4, 0.5) is 0 Å². The number of aromatic nitrogens is 1. The van der Waals surface area contributed by atoms with Gasteiger partial charge < -0.3 is 10.0 Å². The van der Waals surface area contributed by atoms with Gasteiger partial charge in [0.1, 0.15) is 5.75 Å². The van der Waals surface area contributed by atoms with Crippen molar-refractivity contribution in [3.8, 4) is 5.75 Å². The van der Waals surface area contributed by atoms with Crippen molar-refractivity contribution in [3.05, 3.63) is 58.4 Å². The normalized spacial score (nSPS) is 10.4. The van der Waals surface area contributed by atoms with Crippen LogP contribution >= 0.6 is 11.6 Å². The summed E-state index contributed by atoms with van der Waals surface area (Å²) in [5.41, 5.74) is 2.45. The van der Waals surface area contributed by atoms with Crippen LogP contribution in [0.25, 0.3) is 0 Å². The number of benzene rings is 1. The monoisotopic (exact) mass is 304 g/mol. The van der Waals surface area contributed by atoms with Gasteiger partial charge in [0, 0.05) is 34.9 Å². The number of aromatic hydroxyl groups is 1. The Hall–Kier alpha value is -2.07. The van der Waals surface area contributed by atoms with Gasteiger partial charge in [0.25, 0.3) is 0 Å². The quantitative estimate of drug-likeness (QED) is 0.835. The molecule has 2 aromatic rings. The van der Waals surface area contributed by atoms with Crippen molar-refractivity contribution in [2.75, 3.05) is 6.54 Å². The van der Waals surface area contributed by atoms with Crippen LogP contribution in [0, 0.1) is 6.92 Å². The number of hydrogen-bond donors (Lipinski definition) is 1. The fourth-order valence-corrected chi connectivity index (χ4v) is 2.30. The fourth-order valence-electron chi connectivity index (χ4n) is 2.07. The zero-order valence-electron chi connectivity index (χ0n) is 11.8. The van der Waals surface area contributed by atoms with E-state index in [2.05, 4.69) is 4.98 Å². The SMILES string of the molecule is Cc1cccc(CCN(C=O)Cc2c(O)cccc2Cl)n1. The van der Waals surface area contributed by atoms with Gasteiger partial charge in [-0.1, -0.05) is 23.7 Å². The Morgan fingerprint density at radius 2 is 2.05 bits per heavy atom. The molecule has 1 aromatic carbocycles. The van der Waals surface area contributed by atoms with E-state index in [1.807, 2.05) is 25.1 Å². The maximum Gasteiger partial charge on any atom is 0.210 e. The number of amides is 1. The molecule has 0 aliphatic rings. The summed E-state index contributed by atoms with van der Waals surface area (Å²) in [5, 5.41) is 10.3. The van der Waals surface area contributed by atoms with Crippen LogP contribution in [0.3, 0.4) is 0 Å². The third-order valence-electron chi connectivity index (χ3n) is 3.21. The molecule has 4 nitrogen and oxygen atoms in total. The summed E-state index contributed by atoms with van der Waals surface area (Å²) in [6.07, 6.45) is 1.42. The third kappa shape index (κ3) is 4.20. The Morgan fingerprint density at radius 1 is 1.29 bits per heavy atom. The minimum Gasteiger partial charge on any atom is -0.508 e. The number of nitrogens with zero attached hydrogens (tertiary/aromatic N) is 2. The van der Waals surface area contributed by atoms with Gasteiger partial charge in [-0.15, -0.1) is 0 Å². The summed E-state index contributed by atoms with van der Waals surface area (Å²) in [4.78, 5) is 17.2. The number of carbonyl (C=O) groups excluding carboxylic acids is 1. The molecule has 0 spiro atoms. The van der Waals surface area contributed by atoms with Gasteiger partial charge in [-0.2, -0.15) is 0 Å². The molecule has 0 aliphatic carbocycles. The molecule has 110 valence electrons. The first-order chi connectivity index (χ1) is 10.1. The molecule has 0 unspecified atom stereocenters. The van der Waals surface area contributed by atoms with Crippen LogP contribution in [0.2, 0.25) is 5.02 Å². The predicted molar refractivity (Wildman–Crippen MR) is 82.3 cm³/mol. The number of rotatable bonds is 6. The Kier molecular flexibility index (Phi) is 5.17. The Balaban J connectivity index is 2.02. The largest absolute Gasteiger partial charge is 0.508 e. The lowest BCUT2D eigenvalue weighted by Crippen LogP contribution is -2.24. The first-order valence-electron chi connectivity index (χ1n) is 6.68. The average Bonchev–Trinajstić information content (AvgIpc) is 2.46. The lowest BCUT2D eigenvalue weighted by Gasteiger charge is -2.18. The second kappa shape index (κ2) is 7.09. The van der Waals surface area contributed by atoms with Gasteiger partial charge in [-0.05, 0) is 31.2 Å². The number of phenols is 1. The lowest BCUT2D eigenvalue weighted by molar-refractivity contribution is -0.118. The zero-order valence-corrected chi connectivity index (χ0v) is 12.5. The van der Waals surface area contributed by atoms with Crippen molar-refractivity contribution in [2.24, 2.45) is 0 Å². The number of pyridine rings is 1. The van der Waals surface area contributed by atoms with Crippen LogP contribution in [0.5, 0.6) is 5.75 Å². The topological polar surface area (TPSA) is 53.4 Å². The molecule has 1 amide bonds. The molecule has 0 atom stereocenters. The summed E-state index contributed by atoms with van der Waals surface area (Å²) in [6.45, 7) is 2.73. The standard InChI is InChI=1S/C16H17ClN2O2/c1-12-4-2-5-13(18-12)8-9-19(11-20)10-14-15(17)6-3-7-16(14)21/h2-7,11,21H,8-10H2,1H3. The molecule has 0 saturated carbocycles. The molecule has 0 saturated heterocycles. The number of carbonyl (C=O) groups is 1. The van der Waals surface area contributed by atoms with Gasteiger partial charge in [0.05, 0.1) is 6.54 Å². The lowest BCUT2D eigenvalue weighted by atomic mass is 10.1. The maximum absolute atomic E-state index is 11.2. The van der Waals surface area contributed by atoms with E-state index in [0.717, 1.165) is 17.8 Å². The van der Waals surface area contributed by atoms with Crippen molar-refractivity contribution in [2.45, 2.75) is 19.9 Å². The highest BCUT2D eigenvalue weighted by Crippen LogP contribution is 2.26. The molecular formula is C16H17ClN2O2. The molecule has 0 radical (unpaired) electrons. The van der Waals surface area contributed by atoms with Crippen LogP contribution in [-0.2, 0) is 17.8 Å². The number of hydrogen-bond acceptors (Lipinski definition) is 3. The molecule has 21 heavy (non-hydrogen) atoms. The van der Waals surface area contributed by atoms with E-state index in [1.165, 1.54) is 0 Å². The van der Waals surface area contributed by atoms with Crippen LogP contribution in [0.15, 0.2) is 36.4 Å². The van der Waals surface area contributed by atoms with Crippen molar-refractivity contribution < 1.29 is 9.90 Å². The van der Waals surface area contributed by atoms with E-state index >= 15 is 0 Å². The van der Waals surface area contributed by atoms with Gasteiger partial charge in [0.15, 0.2) is 0 Å². The fraction of sp³-hybridized carbons (Fsp3) is 0.250. The van der Waals surface area contributed by atoms with E-state index in [-0.39, 0.29) is 12.3 Å².